The molecule has 3 heteroatoms. The third-order valence-electron chi connectivity index (χ3n) is 3.68. The quantitative estimate of drug-likeness (QED) is 0.659. The zero-order valence-corrected chi connectivity index (χ0v) is 10.9. The van der Waals surface area contributed by atoms with Crippen LogP contribution in [0, 0.1) is 5.92 Å². The van der Waals surface area contributed by atoms with Crippen LogP contribution in [0.3, 0.4) is 0 Å². The highest BCUT2D eigenvalue weighted by molar-refractivity contribution is 5.69. The molecule has 0 unspecified atom stereocenters. The number of nitrogens with two attached hydrogens (primary N) is 1. The van der Waals surface area contributed by atoms with Crippen LogP contribution in [0.1, 0.15) is 50.6 Å². The lowest BCUT2D eigenvalue weighted by atomic mass is 9.81. The maximum atomic E-state index is 10.8. The van der Waals surface area contributed by atoms with Crippen LogP contribution >= 0.6 is 0 Å². The van der Waals surface area contributed by atoms with Gasteiger partial charge in [0.15, 0.2) is 0 Å². The molecule has 0 saturated heterocycles. The van der Waals surface area contributed by atoms with E-state index in [1.54, 1.807) is 0 Å². The summed E-state index contributed by atoms with van der Waals surface area (Å²) in [6, 6.07) is 7.69. The first-order chi connectivity index (χ1) is 8.66. The molecule has 0 radical (unpaired) electrons. The second-order valence-corrected chi connectivity index (χ2v) is 5.09. The van der Waals surface area contributed by atoms with E-state index in [0.717, 1.165) is 5.56 Å². The lowest BCUT2D eigenvalue weighted by Gasteiger charge is -2.27. The summed E-state index contributed by atoms with van der Waals surface area (Å²) in [4.78, 5) is 10.8. The van der Waals surface area contributed by atoms with Gasteiger partial charge in [-0.1, -0.05) is 31.4 Å². The van der Waals surface area contributed by atoms with Crippen molar-refractivity contribution < 1.29 is 9.53 Å². The zero-order valence-electron chi connectivity index (χ0n) is 10.9. The first-order valence-electron chi connectivity index (χ1n) is 6.71. The molecule has 1 aromatic carbocycles. The zero-order chi connectivity index (χ0) is 13.0. The molecule has 1 atom stereocenters. The van der Waals surface area contributed by atoms with Crippen LogP contribution in [-0.2, 0) is 4.79 Å². The van der Waals surface area contributed by atoms with E-state index in [2.05, 4.69) is 0 Å². The van der Waals surface area contributed by atoms with Gasteiger partial charge in [-0.2, -0.15) is 0 Å². The van der Waals surface area contributed by atoms with E-state index in [1.807, 2.05) is 24.3 Å². The van der Waals surface area contributed by atoms with Crippen molar-refractivity contribution in [3.05, 3.63) is 29.8 Å². The number of ether oxygens (including phenoxy) is 1. The smallest absolute Gasteiger partial charge is 0.308 e. The van der Waals surface area contributed by atoms with E-state index >= 15 is 0 Å². The summed E-state index contributed by atoms with van der Waals surface area (Å²) in [6.07, 6.45) is 6.39. The fraction of sp³-hybridized carbons (Fsp3) is 0.533. The molecule has 0 aromatic heterocycles. The molecular weight excluding hydrogens is 226 g/mol. The number of hydrogen-bond donors (Lipinski definition) is 1. The van der Waals surface area contributed by atoms with Crippen molar-refractivity contribution in [2.45, 2.75) is 45.1 Å². The molecule has 0 heterocycles. The Labute approximate surface area is 108 Å². The Kier molecular flexibility index (Phi) is 4.37. The van der Waals surface area contributed by atoms with Gasteiger partial charge in [0.05, 0.1) is 0 Å². The number of esters is 1. The Balaban J connectivity index is 2.01. The van der Waals surface area contributed by atoms with E-state index in [0.29, 0.717) is 11.7 Å². The van der Waals surface area contributed by atoms with Gasteiger partial charge < -0.3 is 10.5 Å². The third-order valence-corrected chi connectivity index (χ3v) is 3.68. The molecule has 1 aliphatic rings. The fourth-order valence-electron chi connectivity index (χ4n) is 2.69. The summed E-state index contributed by atoms with van der Waals surface area (Å²) >= 11 is 0. The molecule has 18 heavy (non-hydrogen) atoms. The summed E-state index contributed by atoms with van der Waals surface area (Å²) in [5.41, 5.74) is 7.45. The SMILES string of the molecule is CC(=O)Oc1ccc([C@H](N)C2CCCCC2)cc1. The highest BCUT2D eigenvalue weighted by atomic mass is 16.5. The van der Waals surface area contributed by atoms with Crippen LogP contribution in [0.5, 0.6) is 5.75 Å². The molecule has 1 aromatic rings. The van der Waals surface area contributed by atoms with Gasteiger partial charge in [0.2, 0.25) is 0 Å². The van der Waals surface area contributed by atoms with Gasteiger partial charge in [0.1, 0.15) is 5.75 Å². The fourth-order valence-corrected chi connectivity index (χ4v) is 2.69. The maximum Gasteiger partial charge on any atom is 0.308 e. The van der Waals surface area contributed by atoms with Crippen LogP contribution in [0.15, 0.2) is 24.3 Å². The molecule has 1 aliphatic carbocycles. The largest absolute Gasteiger partial charge is 0.427 e. The van der Waals surface area contributed by atoms with Crippen molar-refractivity contribution in [3.8, 4) is 5.75 Å². The molecule has 0 spiro atoms. The number of carbonyl (C=O) groups excluding carboxylic acids is 1. The monoisotopic (exact) mass is 247 g/mol. The van der Waals surface area contributed by atoms with Gasteiger partial charge in [-0.25, -0.2) is 0 Å². The molecule has 0 amide bonds. The van der Waals surface area contributed by atoms with E-state index < -0.39 is 0 Å². The Morgan fingerprint density at radius 2 is 1.83 bits per heavy atom. The Hall–Kier alpha value is -1.35. The molecule has 2 N–H and O–H groups in total. The molecule has 2 rings (SSSR count). The van der Waals surface area contributed by atoms with Crippen LogP contribution in [0.25, 0.3) is 0 Å². The summed E-state index contributed by atoms with van der Waals surface area (Å²) < 4.78 is 5.01. The molecule has 98 valence electrons. The average molecular weight is 247 g/mol. The lowest BCUT2D eigenvalue weighted by Crippen LogP contribution is -2.23. The van der Waals surface area contributed by atoms with Gasteiger partial charge in [-0.3, -0.25) is 4.79 Å². The maximum absolute atomic E-state index is 10.8. The lowest BCUT2D eigenvalue weighted by molar-refractivity contribution is -0.131. The van der Waals surface area contributed by atoms with Crippen molar-refractivity contribution in [3.63, 3.8) is 0 Å². The van der Waals surface area contributed by atoms with Gasteiger partial charge in [-0.05, 0) is 36.5 Å². The topological polar surface area (TPSA) is 52.3 Å². The van der Waals surface area contributed by atoms with Gasteiger partial charge in [-0.15, -0.1) is 0 Å². The summed E-state index contributed by atoms with van der Waals surface area (Å²) in [7, 11) is 0. The highest BCUT2D eigenvalue weighted by Gasteiger charge is 2.21. The second kappa shape index (κ2) is 6.01. The predicted molar refractivity (Wildman–Crippen MR) is 71.3 cm³/mol. The molecule has 3 nitrogen and oxygen atoms in total. The number of hydrogen-bond acceptors (Lipinski definition) is 3. The normalized spacial score (nSPS) is 18.3. The third kappa shape index (κ3) is 3.33. The first-order valence-corrected chi connectivity index (χ1v) is 6.71. The van der Waals surface area contributed by atoms with Crippen molar-refractivity contribution >= 4 is 5.97 Å². The van der Waals surface area contributed by atoms with E-state index in [1.165, 1.54) is 39.0 Å². The summed E-state index contributed by atoms with van der Waals surface area (Å²) in [5, 5.41) is 0. The predicted octanol–water partition coefficient (Wildman–Crippen LogP) is 3.19. The van der Waals surface area contributed by atoms with Crippen LogP contribution in [0.2, 0.25) is 0 Å². The minimum Gasteiger partial charge on any atom is -0.427 e. The molecular formula is C15H21NO2. The Morgan fingerprint density at radius 3 is 2.39 bits per heavy atom. The number of rotatable bonds is 3. The molecule has 0 aliphatic heterocycles. The molecule has 1 fully saturated rings. The van der Waals surface area contributed by atoms with Gasteiger partial charge in [0.25, 0.3) is 0 Å². The van der Waals surface area contributed by atoms with Gasteiger partial charge >= 0.3 is 5.97 Å². The van der Waals surface area contributed by atoms with Crippen molar-refractivity contribution in [2.24, 2.45) is 11.7 Å². The molecule has 0 bridgehead atoms. The van der Waals surface area contributed by atoms with Crippen molar-refractivity contribution in [2.75, 3.05) is 0 Å². The number of carbonyl (C=O) groups is 1. The van der Waals surface area contributed by atoms with Gasteiger partial charge in [0, 0.05) is 13.0 Å². The minimum atomic E-state index is -0.292. The van der Waals surface area contributed by atoms with E-state index in [4.69, 9.17) is 10.5 Å². The standard InChI is InChI=1S/C15H21NO2/c1-11(17)18-14-9-7-13(8-10-14)15(16)12-5-3-2-4-6-12/h7-10,12,15H,2-6,16H2,1H3/t15-/m1/s1. The Morgan fingerprint density at radius 1 is 1.22 bits per heavy atom. The highest BCUT2D eigenvalue weighted by Crippen LogP contribution is 2.33. The summed E-state index contributed by atoms with van der Waals surface area (Å²) in [5.74, 6) is 0.889. The van der Waals surface area contributed by atoms with Crippen molar-refractivity contribution in [1.82, 2.24) is 0 Å². The average Bonchev–Trinajstić information content (AvgIpc) is 2.39. The van der Waals surface area contributed by atoms with E-state index in [9.17, 15) is 4.79 Å². The van der Waals surface area contributed by atoms with Crippen LogP contribution < -0.4 is 10.5 Å². The van der Waals surface area contributed by atoms with Crippen LogP contribution in [0.4, 0.5) is 0 Å². The van der Waals surface area contributed by atoms with Crippen LogP contribution in [-0.4, -0.2) is 5.97 Å². The second-order valence-electron chi connectivity index (χ2n) is 5.09. The summed E-state index contributed by atoms with van der Waals surface area (Å²) in [6.45, 7) is 1.40. The van der Waals surface area contributed by atoms with E-state index in [-0.39, 0.29) is 12.0 Å². The first kappa shape index (κ1) is 13.1. The Bertz CT molecular complexity index is 393. The minimum absolute atomic E-state index is 0.108. The van der Waals surface area contributed by atoms with Crippen molar-refractivity contribution in [1.29, 1.82) is 0 Å². The number of benzene rings is 1. The molecule has 1 saturated carbocycles.